The van der Waals surface area contributed by atoms with E-state index in [2.05, 4.69) is 4.90 Å². The van der Waals surface area contributed by atoms with E-state index >= 15 is 0 Å². The fourth-order valence-electron chi connectivity index (χ4n) is 2.29. The summed E-state index contributed by atoms with van der Waals surface area (Å²) < 4.78 is 0. The molecule has 0 radical (unpaired) electrons. The van der Waals surface area contributed by atoms with Crippen LogP contribution in [-0.2, 0) is 0 Å². The summed E-state index contributed by atoms with van der Waals surface area (Å²) in [5, 5.41) is 0. The summed E-state index contributed by atoms with van der Waals surface area (Å²) in [7, 11) is 0. The van der Waals surface area contributed by atoms with Crippen molar-refractivity contribution in [3.05, 3.63) is 0 Å². The Morgan fingerprint density at radius 2 is 1.69 bits per heavy atom. The van der Waals surface area contributed by atoms with Gasteiger partial charge in [0.1, 0.15) is 0 Å². The zero-order chi connectivity index (χ0) is 9.10. The van der Waals surface area contributed by atoms with Gasteiger partial charge in [-0.05, 0) is 44.7 Å². The highest BCUT2D eigenvalue weighted by Gasteiger charge is 2.29. The summed E-state index contributed by atoms with van der Waals surface area (Å²) in [4.78, 5) is 2.58. The second-order valence-electron chi connectivity index (χ2n) is 4.72. The maximum atomic E-state index is 6.12. The molecular weight excluding hydrogens is 160 g/mol. The van der Waals surface area contributed by atoms with Crippen molar-refractivity contribution in [3.63, 3.8) is 0 Å². The Morgan fingerprint density at radius 3 is 2.23 bits per heavy atom. The second-order valence-corrected chi connectivity index (χ2v) is 4.72. The lowest BCUT2D eigenvalue weighted by molar-refractivity contribution is 0.258. The van der Waals surface area contributed by atoms with Gasteiger partial charge in [0.05, 0.1) is 0 Å². The molecule has 1 saturated heterocycles. The topological polar surface area (TPSA) is 29.3 Å². The van der Waals surface area contributed by atoms with E-state index in [0.717, 1.165) is 12.5 Å². The summed E-state index contributed by atoms with van der Waals surface area (Å²) >= 11 is 0. The molecule has 0 amide bonds. The number of likely N-dealkylation sites (tertiary alicyclic amines) is 1. The van der Waals surface area contributed by atoms with E-state index in [0.29, 0.717) is 6.04 Å². The van der Waals surface area contributed by atoms with E-state index in [1.807, 2.05) is 0 Å². The van der Waals surface area contributed by atoms with E-state index < -0.39 is 0 Å². The molecule has 0 aromatic heterocycles. The molecule has 2 rings (SSSR count). The van der Waals surface area contributed by atoms with Crippen molar-refractivity contribution in [1.29, 1.82) is 0 Å². The van der Waals surface area contributed by atoms with Crippen molar-refractivity contribution >= 4 is 0 Å². The van der Waals surface area contributed by atoms with Gasteiger partial charge in [0.25, 0.3) is 0 Å². The molecule has 1 atom stereocenters. The van der Waals surface area contributed by atoms with Crippen molar-refractivity contribution in [2.45, 2.75) is 44.6 Å². The number of rotatable bonds is 3. The minimum Gasteiger partial charge on any atom is -0.326 e. The molecule has 1 heterocycles. The fraction of sp³-hybridized carbons (Fsp3) is 1.00. The van der Waals surface area contributed by atoms with Crippen LogP contribution in [0, 0.1) is 5.92 Å². The predicted molar refractivity (Wildman–Crippen MR) is 55.6 cm³/mol. The number of hydrogen-bond donors (Lipinski definition) is 1. The average Bonchev–Trinajstić information content (AvgIpc) is 2.92. The Hall–Kier alpha value is -0.0800. The van der Waals surface area contributed by atoms with E-state index in [-0.39, 0.29) is 0 Å². The normalized spacial score (nSPS) is 28.4. The summed E-state index contributed by atoms with van der Waals surface area (Å²) in [6.45, 7) is 3.74. The summed E-state index contributed by atoms with van der Waals surface area (Å²) in [6, 6.07) is 0.470. The standard InChI is InChI=1S/C11H22N2/c12-11(10-5-6-10)9-13-7-3-1-2-4-8-13/h10-11H,1-9,12H2. The van der Waals surface area contributed by atoms with Gasteiger partial charge in [-0.25, -0.2) is 0 Å². The third kappa shape index (κ3) is 2.96. The molecule has 1 aliphatic heterocycles. The highest BCUT2D eigenvalue weighted by atomic mass is 15.1. The van der Waals surface area contributed by atoms with Crippen molar-refractivity contribution in [2.24, 2.45) is 11.7 Å². The first kappa shape index (κ1) is 9.47. The number of hydrogen-bond acceptors (Lipinski definition) is 2. The molecule has 2 nitrogen and oxygen atoms in total. The molecule has 0 aromatic rings. The van der Waals surface area contributed by atoms with Crippen molar-refractivity contribution in [3.8, 4) is 0 Å². The third-order valence-electron chi connectivity index (χ3n) is 3.40. The van der Waals surface area contributed by atoms with E-state index in [4.69, 9.17) is 5.73 Å². The Morgan fingerprint density at radius 1 is 1.08 bits per heavy atom. The smallest absolute Gasteiger partial charge is 0.0196 e. The highest BCUT2D eigenvalue weighted by Crippen LogP contribution is 2.32. The minimum atomic E-state index is 0.470. The average molecular weight is 182 g/mol. The number of nitrogens with zero attached hydrogens (tertiary/aromatic N) is 1. The highest BCUT2D eigenvalue weighted by molar-refractivity contribution is 4.86. The van der Waals surface area contributed by atoms with Crippen molar-refractivity contribution < 1.29 is 0 Å². The van der Waals surface area contributed by atoms with Gasteiger partial charge < -0.3 is 10.6 Å². The van der Waals surface area contributed by atoms with Crippen molar-refractivity contribution in [1.82, 2.24) is 4.90 Å². The molecule has 2 aliphatic rings. The number of nitrogens with two attached hydrogens (primary N) is 1. The van der Waals surface area contributed by atoms with E-state index in [1.54, 1.807) is 0 Å². The van der Waals surface area contributed by atoms with Gasteiger partial charge in [-0.3, -0.25) is 0 Å². The van der Waals surface area contributed by atoms with E-state index in [1.165, 1.54) is 51.6 Å². The predicted octanol–water partition coefficient (Wildman–Crippen LogP) is 1.60. The quantitative estimate of drug-likeness (QED) is 0.718. The molecule has 0 aromatic carbocycles. The van der Waals surface area contributed by atoms with Crippen LogP contribution < -0.4 is 5.73 Å². The Bertz CT molecular complexity index is 146. The lowest BCUT2D eigenvalue weighted by atomic mass is 10.2. The first-order valence-electron chi connectivity index (χ1n) is 5.84. The monoisotopic (exact) mass is 182 g/mol. The third-order valence-corrected chi connectivity index (χ3v) is 3.40. The zero-order valence-electron chi connectivity index (χ0n) is 8.54. The van der Waals surface area contributed by atoms with Crippen LogP contribution in [0.5, 0.6) is 0 Å². The van der Waals surface area contributed by atoms with Crippen LogP contribution >= 0.6 is 0 Å². The molecule has 76 valence electrons. The maximum Gasteiger partial charge on any atom is 0.0196 e. The van der Waals surface area contributed by atoms with Gasteiger partial charge >= 0.3 is 0 Å². The van der Waals surface area contributed by atoms with Gasteiger partial charge in [-0.15, -0.1) is 0 Å². The lowest BCUT2D eigenvalue weighted by Crippen LogP contribution is -2.39. The van der Waals surface area contributed by atoms with Crippen molar-refractivity contribution in [2.75, 3.05) is 19.6 Å². The summed E-state index contributed by atoms with van der Waals surface area (Å²) in [6.07, 6.45) is 8.39. The summed E-state index contributed by atoms with van der Waals surface area (Å²) in [5.74, 6) is 0.864. The molecule has 2 N–H and O–H groups in total. The molecular formula is C11H22N2. The molecule has 0 bridgehead atoms. The maximum absolute atomic E-state index is 6.12. The summed E-state index contributed by atoms with van der Waals surface area (Å²) in [5.41, 5.74) is 6.12. The first-order chi connectivity index (χ1) is 6.36. The van der Waals surface area contributed by atoms with Crippen LogP contribution in [0.2, 0.25) is 0 Å². The van der Waals surface area contributed by atoms with Crippen LogP contribution in [0.1, 0.15) is 38.5 Å². The molecule has 1 aliphatic carbocycles. The Labute approximate surface area is 81.5 Å². The minimum absolute atomic E-state index is 0.470. The molecule has 1 saturated carbocycles. The van der Waals surface area contributed by atoms with Gasteiger partial charge in [0.15, 0.2) is 0 Å². The van der Waals surface area contributed by atoms with Gasteiger partial charge in [-0.1, -0.05) is 12.8 Å². The zero-order valence-corrected chi connectivity index (χ0v) is 8.54. The van der Waals surface area contributed by atoms with Crippen LogP contribution in [0.3, 0.4) is 0 Å². The second kappa shape index (κ2) is 4.43. The first-order valence-corrected chi connectivity index (χ1v) is 5.84. The fourth-order valence-corrected chi connectivity index (χ4v) is 2.29. The molecule has 2 heteroatoms. The lowest BCUT2D eigenvalue weighted by Gasteiger charge is -2.23. The molecule has 0 spiro atoms. The van der Waals surface area contributed by atoms with Crippen LogP contribution in [0.15, 0.2) is 0 Å². The van der Waals surface area contributed by atoms with Gasteiger partial charge in [-0.2, -0.15) is 0 Å². The van der Waals surface area contributed by atoms with Crippen LogP contribution in [-0.4, -0.2) is 30.6 Å². The van der Waals surface area contributed by atoms with Crippen LogP contribution in [0.4, 0.5) is 0 Å². The Kier molecular flexibility index (Phi) is 3.23. The Balaban J connectivity index is 1.71. The largest absolute Gasteiger partial charge is 0.326 e. The molecule has 1 unspecified atom stereocenters. The van der Waals surface area contributed by atoms with Crippen LogP contribution in [0.25, 0.3) is 0 Å². The van der Waals surface area contributed by atoms with Gasteiger partial charge in [0, 0.05) is 12.6 Å². The SMILES string of the molecule is NC(CN1CCCCCC1)C1CC1. The molecule has 2 fully saturated rings. The van der Waals surface area contributed by atoms with Gasteiger partial charge in [0.2, 0.25) is 0 Å². The molecule has 13 heavy (non-hydrogen) atoms. The van der Waals surface area contributed by atoms with E-state index in [9.17, 15) is 0 Å².